The third-order valence-electron chi connectivity index (χ3n) is 5.23. The van der Waals surface area contributed by atoms with Gasteiger partial charge >= 0.3 is 0 Å². The monoisotopic (exact) mass is 348 g/mol. The van der Waals surface area contributed by atoms with E-state index in [0.717, 1.165) is 12.8 Å². The number of ether oxygens (including phenoxy) is 1. The molecule has 2 N–H and O–H groups in total. The predicted octanol–water partition coefficient (Wildman–Crippen LogP) is 4.30. The molecule has 0 aromatic carbocycles. The second-order valence-corrected chi connectivity index (χ2v) is 8.54. The molecule has 1 aliphatic carbocycles. The minimum absolute atomic E-state index is 0.0259. The Hall–Kier alpha value is -1.78. The molecule has 0 saturated heterocycles. The molecular weight excluding hydrogens is 316 g/mol. The molecule has 25 heavy (non-hydrogen) atoms. The third-order valence-corrected chi connectivity index (χ3v) is 5.23. The van der Waals surface area contributed by atoms with Crippen molar-refractivity contribution in [2.24, 2.45) is 10.8 Å². The summed E-state index contributed by atoms with van der Waals surface area (Å²) in [6.45, 7) is 9.10. The number of aromatic nitrogens is 1. The van der Waals surface area contributed by atoms with Crippen molar-refractivity contribution in [2.75, 3.05) is 7.11 Å². The molecule has 1 aliphatic rings. The number of carbonyl (C=O) groups excluding carboxylic acids is 1. The Labute approximate surface area is 151 Å². The summed E-state index contributed by atoms with van der Waals surface area (Å²) >= 11 is 0. The molecule has 0 bridgehead atoms. The summed E-state index contributed by atoms with van der Waals surface area (Å²) in [5, 5.41) is 13.3. The van der Waals surface area contributed by atoms with Gasteiger partial charge in [-0.2, -0.15) is 0 Å². The number of hydrogen-bond acceptors (Lipinski definition) is 4. The van der Waals surface area contributed by atoms with Crippen molar-refractivity contribution in [3.8, 4) is 11.5 Å². The van der Waals surface area contributed by atoms with Crippen LogP contribution < -0.4 is 10.1 Å². The molecule has 1 heterocycles. The zero-order valence-corrected chi connectivity index (χ0v) is 16.2. The van der Waals surface area contributed by atoms with E-state index in [1.54, 1.807) is 0 Å². The quantitative estimate of drug-likeness (QED) is 0.804. The van der Waals surface area contributed by atoms with Gasteiger partial charge in [-0.15, -0.1) is 0 Å². The SMILES string of the molecule is CCCCC1(C)CC(NC(=O)c2nccc(OC)c2O)CC(C)(C)C1. The van der Waals surface area contributed by atoms with Crippen molar-refractivity contribution in [3.63, 3.8) is 0 Å². The van der Waals surface area contributed by atoms with E-state index in [-0.39, 0.29) is 40.0 Å². The smallest absolute Gasteiger partial charge is 0.274 e. The van der Waals surface area contributed by atoms with Crippen molar-refractivity contribution < 1.29 is 14.6 Å². The van der Waals surface area contributed by atoms with Gasteiger partial charge in [0.2, 0.25) is 0 Å². The van der Waals surface area contributed by atoms with Crippen LogP contribution in [-0.4, -0.2) is 29.1 Å². The van der Waals surface area contributed by atoms with E-state index >= 15 is 0 Å². The first-order valence-electron chi connectivity index (χ1n) is 9.22. The Morgan fingerprint density at radius 2 is 2.12 bits per heavy atom. The summed E-state index contributed by atoms with van der Waals surface area (Å²) < 4.78 is 5.07. The molecule has 1 aromatic heterocycles. The largest absolute Gasteiger partial charge is 0.503 e. The van der Waals surface area contributed by atoms with Crippen LogP contribution in [0.25, 0.3) is 0 Å². The number of unbranched alkanes of at least 4 members (excludes halogenated alkanes) is 1. The fourth-order valence-corrected chi connectivity index (χ4v) is 4.55. The molecular formula is C20H32N2O3. The first-order valence-corrected chi connectivity index (χ1v) is 9.22. The predicted molar refractivity (Wildman–Crippen MR) is 99.0 cm³/mol. The van der Waals surface area contributed by atoms with Crippen LogP contribution in [0.15, 0.2) is 12.3 Å². The molecule has 1 saturated carbocycles. The van der Waals surface area contributed by atoms with Crippen LogP contribution in [0.3, 0.4) is 0 Å². The molecule has 1 aromatic rings. The topological polar surface area (TPSA) is 71.5 Å². The number of methoxy groups -OCH3 is 1. The number of pyridine rings is 1. The van der Waals surface area contributed by atoms with Gasteiger partial charge in [0.05, 0.1) is 7.11 Å². The minimum atomic E-state index is -0.336. The van der Waals surface area contributed by atoms with Gasteiger partial charge in [-0.25, -0.2) is 4.98 Å². The van der Waals surface area contributed by atoms with Crippen LogP contribution in [0.2, 0.25) is 0 Å². The zero-order chi connectivity index (χ0) is 18.7. The van der Waals surface area contributed by atoms with Crippen LogP contribution in [0.5, 0.6) is 11.5 Å². The van der Waals surface area contributed by atoms with Gasteiger partial charge in [-0.3, -0.25) is 4.79 Å². The zero-order valence-electron chi connectivity index (χ0n) is 16.2. The maximum Gasteiger partial charge on any atom is 0.274 e. The maximum atomic E-state index is 12.6. The first kappa shape index (κ1) is 19.5. The summed E-state index contributed by atoms with van der Waals surface area (Å²) in [5.74, 6) is -0.278. The molecule has 0 radical (unpaired) electrons. The second kappa shape index (κ2) is 7.63. The molecule has 5 nitrogen and oxygen atoms in total. The number of rotatable bonds is 6. The van der Waals surface area contributed by atoms with Crippen molar-refractivity contribution in [3.05, 3.63) is 18.0 Å². The molecule has 0 spiro atoms. The molecule has 5 heteroatoms. The number of amides is 1. The van der Waals surface area contributed by atoms with Crippen LogP contribution in [-0.2, 0) is 0 Å². The van der Waals surface area contributed by atoms with Crippen LogP contribution in [0.1, 0.15) is 76.7 Å². The first-order chi connectivity index (χ1) is 11.7. The molecule has 0 aliphatic heterocycles. The van der Waals surface area contributed by atoms with Crippen LogP contribution in [0.4, 0.5) is 0 Å². The average Bonchev–Trinajstić information content (AvgIpc) is 2.51. The highest BCUT2D eigenvalue weighted by Gasteiger charge is 2.41. The van der Waals surface area contributed by atoms with Crippen molar-refractivity contribution >= 4 is 5.91 Å². The lowest BCUT2D eigenvalue weighted by molar-refractivity contribution is 0.0564. The highest BCUT2D eigenvalue weighted by atomic mass is 16.5. The van der Waals surface area contributed by atoms with Gasteiger partial charge in [-0.05, 0) is 36.5 Å². The van der Waals surface area contributed by atoms with E-state index in [1.165, 1.54) is 45.1 Å². The number of aromatic hydroxyl groups is 1. The maximum absolute atomic E-state index is 12.6. The summed E-state index contributed by atoms with van der Waals surface area (Å²) in [7, 11) is 1.46. The van der Waals surface area contributed by atoms with Crippen LogP contribution in [0, 0.1) is 10.8 Å². The number of hydrogen-bond donors (Lipinski definition) is 2. The third kappa shape index (κ3) is 4.86. The lowest BCUT2D eigenvalue weighted by Crippen LogP contribution is -2.47. The van der Waals surface area contributed by atoms with Gasteiger partial charge in [0.15, 0.2) is 17.2 Å². The standard InChI is InChI=1S/C20H32N2O3/c1-6-7-9-20(4)12-14(11-19(2,3)13-20)22-18(24)16-17(23)15(25-5)8-10-21-16/h8,10,14,23H,6-7,9,11-13H2,1-5H3,(H,22,24). The molecule has 2 atom stereocenters. The van der Waals surface area contributed by atoms with Crippen molar-refractivity contribution in [2.45, 2.75) is 72.3 Å². The lowest BCUT2D eigenvalue weighted by Gasteiger charge is -2.47. The minimum Gasteiger partial charge on any atom is -0.503 e. The van der Waals surface area contributed by atoms with E-state index in [1.807, 2.05) is 0 Å². The summed E-state index contributed by atoms with van der Waals surface area (Å²) in [6.07, 6.45) is 8.14. The normalized spacial score (nSPS) is 25.4. The fourth-order valence-electron chi connectivity index (χ4n) is 4.55. The van der Waals surface area contributed by atoms with Gasteiger partial charge in [0.1, 0.15) is 0 Å². The average molecular weight is 348 g/mol. The van der Waals surface area contributed by atoms with E-state index in [2.05, 4.69) is 38.0 Å². The highest BCUT2D eigenvalue weighted by Crippen LogP contribution is 2.48. The summed E-state index contributed by atoms with van der Waals surface area (Å²) in [5.41, 5.74) is 0.445. The molecule has 2 unspecified atom stereocenters. The van der Waals surface area contributed by atoms with Crippen LogP contribution >= 0.6 is 0 Å². The second-order valence-electron chi connectivity index (χ2n) is 8.54. The van der Waals surface area contributed by atoms with Gasteiger partial charge in [0, 0.05) is 18.3 Å². The molecule has 140 valence electrons. The molecule has 2 rings (SSSR count). The highest BCUT2D eigenvalue weighted by molar-refractivity contribution is 5.95. The van der Waals surface area contributed by atoms with Gasteiger partial charge < -0.3 is 15.2 Å². The van der Waals surface area contributed by atoms with E-state index < -0.39 is 0 Å². The van der Waals surface area contributed by atoms with Gasteiger partial charge in [0.25, 0.3) is 5.91 Å². The number of carbonyl (C=O) groups is 1. The lowest BCUT2D eigenvalue weighted by atomic mass is 9.61. The Bertz CT molecular complexity index is 615. The van der Waals surface area contributed by atoms with E-state index in [9.17, 15) is 9.90 Å². The number of nitrogens with zero attached hydrogens (tertiary/aromatic N) is 1. The molecule has 1 amide bonds. The van der Waals surface area contributed by atoms with E-state index in [4.69, 9.17) is 4.74 Å². The fraction of sp³-hybridized carbons (Fsp3) is 0.700. The Balaban J connectivity index is 2.14. The van der Waals surface area contributed by atoms with Crippen molar-refractivity contribution in [1.29, 1.82) is 0 Å². The van der Waals surface area contributed by atoms with Crippen molar-refractivity contribution in [1.82, 2.24) is 10.3 Å². The Kier molecular flexibility index (Phi) is 5.96. The Morgan fingerprint density at radius 1 is 1.40 bits per heavy atom. The summed E-state index contributed by atoms with van der Waals surface area (Å²) in [4.78, 5) is 16.7. The number of nitrogens with one attached hydrogen (secondary N) is 1. The summed E-state index contributed by atoms with van der Waals surface area (Å²) in [6, 6.07) is 1.63. The Morgan fingerprint density at radius 3 is 2.76 bits per heavy atom. The van der Waals surface area contributed by atoms with E-state index in [0.29, 0.717) is 0 Å². The van der Waals surface area contributed by atoms with Gasteiger partial charge in [-0.1, -0.05) is 40.5 Å². The molecule has 1 fully saturated rings.